The Hall–Kier alpha value is -1.97. The fourth-order valence-corrected chi connectivity index (χ4v) is 5.47. The molecule has 2 amide bonds. The van der Waals surface area contributed by atoms with E-state index < -0.39 is 0 Å². The Labute approximate surface area is 198 Å². The summed E-state index contributed by atoms with van der Waals surface area (Å²) in [5.41, 5.74) is 0.741. The molecule has 3 fully saturated rings. The average Bonchev–Trinajstić information content (AvgIpc) is 3.07. The van der Waals surface area contributed by atoms with Crippen molar-refractivity contribution in [2.24, 2.45) is 28.7 Å². The highest BCUT2D eigenvalue weighted by Crippen LogP contribution is 2.52. The van der Waals surface area contributed by atoms with Gasteiger partial charge in [-0.2, -0.15) is 0 Å². The molecule has 1 heterocycles. The predicted octanol–water partition coefficient (Wildman–Crippen LogP) is 2.66. The molecule has 6 atom stereocenters. The van der Waals surface area contributed by atoms with Gasteiger partial charge in [0.05, 0.1) is 11.8 Å². The molecule has 4 aliphatic rings. The topological polar surface area (TPSA) is 73.8 Å². The molecule has 1 saturated heterocycles. The molecular formula is C23H28FIN4O2. The van der Waals surface area contributed by atoms with Crippen LogP contribution in [0.5, 0.6) is 0 Å². The van der Waals surface area contributed by atoms with Crippen LogP contribution in [0.4, 0.5) is 4.39 Å². The van der Waals surface area contributed by atoms with Crippen molar-refractivity contribution in [3.63, 3.8) is 0 Å². The summed E-state index contributed by atoms with van der Waals surface area (Å²) >= 11 is 0. The van der Waals surface area contributed by atoms with Crippen molar-refractivity contribution in [2.75, 3.05) is 20.1 Å². The van der Waals surface area contributed by atoms with Crippen LogP contribution in [0, 0.1) is 29.5 Å². The van der Waals surface area contributed by atoms with Gasteiger partial charge in [-0.25, -0.2) is 4.39 Å². The van der Waals surface area contributed by atoms with Crippen LogP contribution < -0.4 is 10.6 Å². The summed E-state index contributed by atoms with van der Waals surface area (Å²) in [4.78, 5) is 31.1. The van der Waals surface area contributed by atoms with E-state index in [0.717, 1.165) is 18.4 Å². The van der Waals surface area contributed by atoms with Crippen molar-refractivity contribution in [2.45, 2.75) is 31.2 Å². The summed E-state index contributed by atoms with van der Waals surface area (Å²) in [7, 11) is 1.70. The second-order valence-electron chi connectivity index (χ2n) is 8.80. The molecular weight excluding hydrogens is 510 g/mol. The quantitative estimate of drug-likeness (QED) is 0.146. The molecule has 0 spiro atoms. The molecule has 0 aromatic heterocycles. The standard InChI is InChI=1S/C23H27FN4O2.HI/c1-25-23(27-18-12-16(18)15-5-2-3-6-17(15)24)26-9-4-10-28-21(29)19-13-7-8-14(11-13)20(19)22(28)30;/h2-3,5-8,13-14,16,18-20H,4,9-12H2,1H3,(H2,25,26,27);1H. The van der Waals surface area contributed by atoms with E-state index in [1.165, 1.54) is 11.0 Å². The molecule has 2 saturated carbocycles. The molecule has 2 N–H and O–H groups in total. The smallest absolute Gasteiger partial charge is 0.233 e. The van der Waals surface area contributed by atoms with Gasteiger partial charge in [0.1, 0.15) is 5.82 Å². The molecule has 1 aromatic carbocycles. The summed E-state index contributed by atoms with van der Waals surface area (Å²) in [5.74, 6) is 0.936. The third-order valence-electron chi connectivity index (χ3n) is 7.05. The van der Waals surface area contributed by atoms with Gasteiger partial charge >= 0.3 is 0 Å². The van der Waals surface area contributed by atoms with Gasteiger partial charge < -0.3 is 10.6 Å². The molecule has 6 nitrogen and oxygen atoms in total. The van der Waals surface area contributed by atoms with E-state index in [-0.39, 0.29) is 77.2 Å². The fourth-order valence-electron chi connectivity index (χ4n) is 5.47. The zero-order valence-electron chi connectivity index (χ0n) is 17.5. The summed E-state index contributed by atoms with van der Waals surface area (Å²) in [6.07, 6.45) is 6.73. The number of aliphatic imine (C=N–C) groups is 1. The number of nitrogens with one attached hydrogen (secondary N) is 2. The lowest BCUT2D eigenvalue weighted by atomic mass is 9.85. The van der Waals surface area contributed by atoms with E-state index in [9.17, 15) is 14.0 Å². The molecule has 8 heteroatoms. The Morgan fingerprint density at radius 1 is 1.13 bits per heavy atom. The van der Waals surface area contributed by atoms with Crippen molar-refractivity contribution in [3.8, 4) is 0 Å². The Morgan fingerprint density at radius 2 is 1.81 bits per heavy atom. The number of nitrogens with zero attached hydrogens (tertiary/aromatic N) is 2. The first-order chi connectivity index (χ1) is 14.6. The van der Waals surface area contributed by atoms with Gasteiger partial charge in [-0.1, -0.05) is 30.4 Å². The van der Waals surface area contributed by atoms with Crippen LogP contribution in [-0.4, -0.2) is 48.9 Å². The molecule has 0 radical (unpaired) electrons. The third kappa shape index (κ3) is 3.99. The number of likely N-dealkylation sites (tertiary alicyclic amines) is 1. The maximum atomic E-state index is 13.9. The van der Waals surface area contributed by atoms with Crippen LogP contribution in [0.3, 0.4) is 0 Å². The highest BCUT2D eigenvalue weighted by atomic mass is 127. The van der Waals surface area contributed by atoms with Crippen molar-refractivity contribution < 1.29 is 14.0 Å². The van der Waals surface area contributed by atoms with E-state index in [1.807, 2.05) is 12.1 Å². The Morgan fingerprint density at radius 3 is 2.45 bits per heavy atom. The number of rotatable bonds is 6. The monoisotopic (exact) mass is 538 g/mol. The van der Waals surface area contributed by atoms with Gasteiger partial charge in [-0.15, -0.1) is 24.0 Å². The van der Waals surface area contributed by atoms with Crippen molar-refractivity contribution in [1.82, 2.24) is 15.5 Å². The second-order valence-corrected chi connectivity index (χ2v) is 8.80. The lowest BCUT2D eigenvalue weighted by molar-refractivity contribution is -0.140. The number of allylic oxidation sites excluding steroid dienone is 2. The van der Waals surface area contributed by atoms with Gasteiger partial charge in [0.2, 0.25) is 11.8 Å². The Balaban J connectivity index is 0.00000231. The summed E-state index contributed by atoms with van der Waals surface area (Å²) in [6, 6.07) is 7.05. The summed E-state index contributed by atoms with van der Waals surface area (Å²) in [6.45, 7) is 1.05. The van der Waals surface area contributed by atoms with Crippen molar-refractivity contribution >= 4 is 41.8 Å². The van der Waals surface area contributed by atoms with Crippen LogP contribution in [0.1, 0.15) is 30.7 Å². The Bertz CT molecular complexity index is 906. The number of carbonyl (C=O) groups is 2. The molecule has 1 aliphatic heterocycles. The highest BCUT2D eigenvalue weighted by molar-refractivity contribution is 14.0. The predicted molar refractivity (Wildman–Crippen MR) is 127 cm³/mol. The van der Waals surface area contributed by atoms with Crippen LogP contribution in [0.2, 0.25) is 0 Å². The molecule has 2 bridgehead atoms. The molecule has 166 valence electrons. The van der Waals surface area contributed by atoms with E-state index >= 15 is 0 Å². The average molecular weight is 538 g/mol. The first-order valence-corrected chi connectivity index (χ1v) is 10.8. The van der Waals surface area contributed by atoms with Crippen LogP contribution in [-0.2, 0) is 9.59 Å². The minimum atomic E-state index is -0.164. The highest BCUT2D eigenvalue weighted by Gasteiger charge is 2.58. The maximum Gasteiger partial charge on any atom is 0.233 e. The zero-order valence-corrected chi connectivity index (χ0v) is 19.8. The van der Waals surface area contributed by atoms with Crippen molar-refractivity contribution in [3.05, 3.63) is 47.8 Å². The summed E-state index contributed by atoms with van der Waals surface area (Å²) < 4.78 is 13.9. The molecule has 31 heavy (non-hydrogen) atoms. The van der Waals surface area contributed by atoms with Gasteiger partial charge in [-0.05, 0) is 42.7 Å². The largest absolute Gasteiger partial charge is 0.356 e. The lowest BCUT2D eigenvalue weighted by Gasteiger charge is -2.18. The van der Waals surface area contributed by atoms with Crippen LogP contribution >= 0.6 is 24.0 Å². The number of guanidine groups is 1. The van der Waals surface area contributed by atoms with Crippen LogP contribution in [0.15, 0.2) is 41.4 Å². The number of amides is 2. The number of hydrogen-bond acceptors (Lipinski definition) is 3. The summed E-state index contributed by atoms with van der Waals surface area (Å²) in [5, 5.41) is 6.58. The molecule has 6 unspecified atom stereocenters. The van der Waals surface area contributed by atoms with Crippen LogP contribution in [0.25, 0.3) is 0 Å². The molecule has 3 aliphatic carbocycles. The number of benzene rings is 1. The Kier molecular flexibility index (Phi) is 6.37. The number of hydrogen-bond donors (Lipinski definition) is 2. The number of imide groups is 1. The lowest BCUT2D eigenvalue weighted by Crippen LogP contribution is -2.41. The third-order valence-corrected chi connectivity index (χ3v) is 7.05. The van der Waals surface area contributed by atoms with Gasteiger partial charge in [0, 0.05) is 32.1 Å². The van der Waals surface area contributed by atoms with Gasteiger partial charge in [0.25, 0.3) is 0 Å². The maximum absolute atomic E-state index is 13.9. The molecule has 5 rings (SSSR count). The minimum absolute atomic E-state index is 0. The fraction of sp³-hybridized carbons (Fsp3) is 0.522. The normalized spacial score (nSPS) is 32.8. The first kappa shape index (κ1) is 22.2. The van der Waals surface area contributed by atoms with E-state index in [0.29, 0.717) is 25.5 Å². The van der Waals surface area contributed by atoms with E-state index in [4.69, 9.17) is 0 Å². The number of carbonyl (C=O) groups excluding carboxylic acids is 2. The number of fused-ring (bicyclic) bond motifs is 5. The molecule has 1 aromatic rings. The van der Waals surface area contributed by atoms with E-state index in [1.54, 1.807) is 13.1 Å². The second kappa shape index (κ2) is 8.88. The van der Waals surface area contributed by atoms with Gasteiger partial charge in [0.15, 0.2) is 5.96 Å². The first-order valence-electron chi connectivity index (χ1n) is 10.8. The van der Waals surface area contributed by atoms with E-state index in [2.05, 4.69) is 27.8 Å². The van der Waals surface area contributed by atoms with Crippen molar-refractivity contribution in [1.29, 1.82) is 0 Å². The minimum Gasteiger partial charge on any atom is -0.356 e. The number of halogens is 2. The van der Waals surface area contributed by atoms with Gasteiger partial charge in [-0.3, -0.25) is 19.5 Å². The SMILES string of the molecule is CN=C(NCCCN1C(=O)C2C3C=CC(C3)C2C1=O)NC1CC1c1ccccc1F.I. The zero-order chi connectivity index (χ0) is 20.8.